The van der Waals surface area contributed by atoms with Crippen LogP contribution in [-0.4, -0.2) is 26.1 Å². The summed E-state index contributed by atoms with van der Waals surface area (Å²) in [5, 5.41) is 3.18. The molecule has 5 heteroatoms. The fourth-order valence-corrected chi connectivity index (χ4v) is 2.35. The van der Waals surface area contributed by atoms with Crippen molar-refractivity contribution in [3.05, 3.63) is 53.8 Å². The Labute approximate surface area is 122 Å². The summed E-state index contributed by atoms with van der Waals surface area (Å²) in [6, 6.07) is 11.5. The van der Waals surface area contributed by atoms with Crippen molar-refractivity contribution in [3.8, 4) is 5.75 Å². The maximum absolute atomic E-state index is 13.8. The summed E-state index contributed by atoms with van der Waals surface area (Å²) in [4.78, 5) is 13.9. The zero-order valence-corrected chi connectivity index (χ0v) is 11.6. The van der Waals surface area contributed by atoms with Gasteiger partial charge in [0.2, 0.25) is 0 Å². The Morgan fingerprint density at radius 1 is 1.24 bits per heavy atom. The number of carbonyl (C=O) groups is 1. The molecule has 2 aromatic carbocycles. The Morgan fingerprint density at radius 2 is 2.05 bits per heavy atom. The van der Waals surface area contributed by atoms with E-state index in [4.69, 9.17) is 4.74 Å². The molecule has 108 valence electrons. The van der Waals surface area contributed by atoms with E-state index in [1.165, 1.54) is 11.0 Å². The zero-order chi connectivity index (χ0) is 14.8. The fourth-order valence-electron chi connectivity index (χ4n) is 2.35. The van der Waals surface area contributed by atoms with Crippen molar-refractivity contribution in [1.29, 1.82) is 0 Å². The normalized spacial score (nSPS) is 12.9. The second-order valence-corrected chi connectivity index (χ2v) is 4.77. The van der Waals surface area contributed by atoms with Gasteiger partial charge in [0.15, 0.2) is 5.75 Å². The number of ether oxygens (including phenoxy) is 1. The molecule has 1 N–H and O–H groups in total. The van der Waals surface area contributed by atoms with Gasteiger partial charge < -0.3 is 15.0 Å². The van der Waals surface area contributed by atoms with Gasteiger partial charge in [0.25, 0.3) is 5.91 Å². The second kappa shape index (κ2) is 5.44. The molecular formula is C16H15FN2O2. The molecular weight excluding hydrogens is 271 g/mol. The largest absolute Gasteiger partial charge is 0.489 e. The van der Waals surface area contributed by atoms with Crippen LogP contribution in [0.15, 0.2) is 42.5 Å². The van der Waals surface area contributed by atoms with Crippen LogP contribution in [-0.2, 0) is 0 Å². The lowest BCUT2D eigenvalue weighted by atomic mass is 10.1. The van der Waals surface area contributed by atoms with Crippen LogP contribution >= 0.6 is 0 Å². The van der Waals surface area contributed by atoms with E-state index in [0.717, 1.165) is 5.69 Å². The number of amides is 1. The molecule has 0 spiro atoms. The number of nitrogens with zero attached hydrogens (tertiary/aromatic N) is 1. The Bertz CT molecular complexity index is 688. The van der Waals surface area contributed by atoms with E-state index in [1.54, 1.807) is 37.4 Å². The second-order valence-electron chi connectivity index (χ2n) is 4.77. The van der Waals surface area contributed by atoms with Crippen LogP contribution < -0.4 is 15.0 Å². The number of halogens is 1. The SMILES string of the molecule is CN(C(=O)c1cccc2c1OCCN2)c1ccccc1F. The van der Waals surface area contributed by atoms with Crippen molar-refractivity contribution in [2.45, 2.75) is 0 Å². The van der Waals surface area contributed by atoms with Crippen LogP contribution in [0, 0.1) is 5.82 Å². The number of carbonyl (C=O) groups excluding carboxylic acids is 1. The van der Waals surface area contributed by atoms with Crippen LogP contribution in [0.1, 0.15) is 10.4 Å². The van der Waals surface area contributed by atoms with Crippen molar-refractivity contribution in [1.82, 2.24) is 0 Å². The van der Waals surface area contributed by atoms with Crippen LogP contribution in [0.3, 0.4) is 0 Å². The van der Waals surface area contributed by atoms with Crippen molar-refractivity contribution in [2.24, 2.45) is 0 Å². The van der Waals surface area contributed by atoms with Gasteiger partial charge in [0.1, 0.15) is 12.4 Å². The number of hydrogen-bond acceptors (Lipinski definition) is 3. The quantitative estimate of drug-likeness (QED) is 0.923. The molecule has 21 heavy (non-hydrogen) atoms. The number of anilines is 2. The minimum atomic E-state index is -0.433. The molecule has 0 aromatic heterocycles. The van der Waals surface area contributed by atoms with E-state index in [1.807, 2.05) is 6.07 Å². The van der Waals surface area contributed by atoms with E-state index in [2.05, 4.69) is 5.32 Å². The highest BCUT2D eigenvalue weighted by atomic mass is 19.1. The van der Waals surface area contributed by atoms with Gasteiger partial charge in [-0.25, -0.2) is 4.39 Å². The average Bonchev–Trinajstić information content (AvgIpc) is 2.53. The topological polar surface area (TPSA) is 41.6 Å². The molecule has 0 unspecified atom stereocenters. The number of nitrogens with one attached hydrogen (secondary N) is 1. The number of fused-ring (bicyclic) bond motifs is 1. The molecule has 0 saturated heterocycles. The molecule has 4 nitrogen and oxygen atoms in total. The highest BCUT2D eigenvalue weighted by Crippen LogP contribution is 2.32. The molecule has 0 atom stereocenters. The molecule has 1 aliphatic heterocycles. The number of hydrogen-bond donors (Lipinski definition) is 1. The van der Waals surface area contributed by atoms with Gasteiger partial charge >= 0.3 is 0 Å². The maximum Gasteiger partial charge on any atom is 0.261 e. The van der Waals surface area contributed by atoms with E-state index >= 15 is 0 Å². The van der Waals surface area contributed by atoms with Crippen molar-refractivity contribution < 1.29 is 13.9 Å². The Morgan fingerprint density at radius 3 is 2.86 bits per heavy atom. The molecule has 0 saturated carbocycles. The molecule has 3 rings (SSSR count). The van der Waals surface area contributed by atoms with Gasteiger partial charge in [-0.2, -0.15) is 0 Å². The third-order valence-corrected chi connectivity index (χ3v) is 3.43. The summed E-state index contributed by atoms with van der Waals surface area (Å²) in [6.45, 7) is 1.20. The molecule has 1 heterocycles. The van der Waals surface area contributed by atoms with Crippen LogP contribution in [0.4, 0.5) is 15.8 Å². The van der Waals surface area contributed by atoms with Gasteiger partial charge in [-0.1, -0.05) is 18.2 Å². The third-order valence-electron chi connectivity index (χ3n) is 3.43. The Kier molecular flexibility index (Phi) is 3.48. The molecule has 0 aliphatic carbocycles. The lowest BCUT2D eigenvalue weighted by Gasteiger charge is -2.24. The molecule has 1 amide bonds. The molecule has 0 bridgehead atoms. The maximum atomic E-state index is 13.8. The lowest BCUT2D eigenvalue weighted by Crippen LogP contribution is -2.29. The summed E-state index contributed by atoms with van der Waals surface area (Å²) in [5.74, 6) is -0.213. The standard InChI is InChI=1S/C16H15FN2O2/c1-19(14-8-3-2-6-12(14)17)16(20)11-5-4-7-13-15(11)21-10-9-18-13/h2-8,18H,9-10H2,1H3. The zero-order valence-electron chi connectivity index (χ0n) is 11.6. The first-order chi connectivity index (χ1) is 10.2. The summed E-state index contributed by atoms with van der Waals surface area (Å²) < 4.78 is 19.4. The highest BCUT2D eigenvalue weighted by Gasteiger charge is 2.23. The van der Waals surface area contributed by atoms with Gasteiger partial charge in [0.05, 0.1) is 16.9 Å². The first kappa shape index (κ1) is 13.4. The Hall–Kier alpha value is -2.56. The average molecular weight is 286 g/mol. The first-order valence-corrected chi connectivity index (χ1v) is 6.71. The Balaban J connectivity index is 1.98. The molecule has 0 radical (unpaired) electrons. The predicted octanol–water partition coefficient (Wildman–Crippen LogP) is 2.91. The van der Waals surface area contributed by atoms with Gasteiger partial charge in [-0.3, -0.25) is 4.79 Å². The van der Waals surface area contributed by atoms with Crippen LogP contribution in [0.2, 0.25) is 0 Å². The highest BCUT2D eigenvalue weighted by molar-refractivity contribution is 6.08. The van der Waals surface area contributed by atoms with E-state index in [9.17, 15) is 9.18 Å². The summed E-state index contributed by atoms with van der Waals surface area (Å²) in [6.07, 6.45) is 0. The van der Waals surface area contributed by atoms with Gasteiger partial charge in [0, 0.05) is 13.6 Å². The van der Waals surface area contributed by atoms with Crippen LogP contribution in [0.25, 0.3) is 0 Å². The van der Waals surface area contributed by atoms with Crippen LogP contribution in [0.5, 0.6) is 5.75 Å². The van der Waals surface area contributed by atoms with E-state index in [-0.39, 0.29) is 11.6 Å². The van der Waals surface area contributed by atoms with E-state index in [0.29, 0.717) is 24.5 Å². The van der Waals surface area contributed by atoms with E-state index < -0.39 is 5.82 Å². The summed E-state index contributed by atoms with van der Waals surface area (Å²) in [7, 11) is 1.55. The van der Waals surface area contributed by atoms with Crippen molar-refractivity contribution in [3.63, 3.8) is 0 Å². The van der Waals surface area contributed by atoms with Crippen molar-refractivity contribution in [2.75, 3.05) is 30.4 Å². The lowest BCUT2D eigenvalue weighted by molar-refractivity contribution is 0.0988. The molecule has 2 aromatic rings. The smallest absolute Gasteiger partial charge is 0.261 e. The minimum absolute atomic E-state index is 0.240. The van der Waals surface area contributed by atoms with Crippen molar-refractivity contribution >= 4 is 17.3 Å². The minimum Gasteiger partial charge on any atom is -0.489 e. The first-order valence-electron chi connectivity index (χ1n) is 6.71. The predicted molar refractivity (Wildman–Crippen MR) is 79.6 cm³/mol. The van der Waals surface area contributed by atoms with Gasteiger partial charge in [-0.15, -0.1) is 0 Å². The third kappa shape index (κ3) is 2.42. The number of rotatable bonds is 2. The van der Waals surface area contributed by atoms with Gasteiger partial charge in [-0.05, 0) is 24.3 Å². The fraction of sp³-hybridized carbons (Fsp3) is 0.188. The molecule has 1 aliphatic rings. The number of para-hydroxylation sites is 2. The monoisotopic (exact) mass is 286 g/mol. The summed E-state index contributed by atoms with van der Waals surface area (Å²) >= 11 is 0. The summed E-state index contributed by atoms with van der Waals surface area (Å²) in [5.41, 5.74) is 1.45. The molecule has 0 fully saturated rings. The number of benzene rings is 2.